The number of esters is 1. The van der Waals surface area contributed by atoms with Crippen LogP contribution in [-0.4, -0.2) is 350 Å². The molecule has 32 atom stereocenters. The molecule has 0 spiro atoms. The summed E-state index contributed by atoms with van der Waals surface area (Å²) in [6.07, 6.45) is -46.0. The zero-order chi connectivity index (χ0) is 98.9. The van der Waals surface area contributed by atoms with Crippen molar-refractivity contribution in [2.75, 3.05) is 26.9 Å². The van der Waals surface area contributed by atoms with Gasteiger partial charge in [0.05, 0.1) is 50.3 Å². The van der Waals surface area contributed by atoms with Crippen molar-refractivity contribution in [3.8, 4) is 80.1 Å². The molecule has 5 saturated heterocycles. The normalized spacial score (nSPS) is 34.4. The highest BCUT2D eigenvalue weighted by Gasteiger charge is 2.54. The molecule has 0 amide bonds. The molecule has 17 bridgehead atoms. The number of aliphatic hydroxyl groups excluding tert-OH is 21. The van der Waals surface area contributed by atoms with Crippen LogP contribution in [0.15, 0.2) is 145 Å². The number of hydrogen-bond donors (Lipinski definition) is 26. The van der Waals surface area contributed by atoms with Gasteiger partial charge in [0.25, 0.3) is 0 Å². The predicted octanol–water partition coefficient (Wildman–Crippen LogP) is 0.889. The van der Waals surface area contributed by atoms with Crippen molar-refractivity contribution in [2.24, 2.45) is 41.4 Å². The van der Waals surface area contributed by atoms with E-state index in [9.17, 15) is 127 Å². The third-order valence-corrected chi connectivity index (χ3v) is 25.2. The van der Waals surface area contributed by atoms with E-state index in [0.29, 0.717) is 0 Å². The van der Waals surface area contributed by atoms with Crippen LogP contribution in [0.25, 0.3) is 11.1 Å². The van der Waals surface area contributed by atoms with Crippen LogP contribution in [0.3, 0.4) is 0 Å². The van der Waals surface area contributed by atoms with Crippen LogP contribution in [0.2, 0.25) is 5.02 Å². The monoisotopic (exact) mass is 1950 g/mol. The van der Waals surface area contributed by atoms with Gasteiger partial charge in [0.1, 0.15) is 150 Å². The lowest BCUT2D eigenvalue weighted by atomic mass is 9.90. The number of aliphatic hydroxyl groups is 21. The highest BCUT2D eigenvalue weighted by molar-refractivity contribution is 6.32. The Hall–Kier alpha value is -11.6. The molecule has 7 aromatic rings. The van der Waals surface area contributed by atoms with Gasteiger partial charge in [0.2, 0.25) is 60.0 Å². The van der Waals surface area contributed by atoms with Crippen LogP contribution >= 0.6 is 11.6 Å². The molecular weight excluding hydrogens is 1850 g/mol. The summed E-state index contributed by atoms with van der Waals surface area (Å²) in [7, 11) is 0.889. The second kappa shape index (κ2) is 40.7. The molecule has 11 aliphatic heterocycles. The Bertz CT molecular complexity index is 5840. The average molecular weight is 1950 g/mol. The first kappa shape index (κ1) is 99.4. The fourth-order valence-corrected chi connectivity index (χ4v) is 17.4. The molecule has 11 aliphatic rings. The number of halogens is 1. The van der Waals surface area contributed by atoms with E-state index in [-0.39, 0.29) is 40.2 Å². The third-order valence-electron chi connectivity index (χ3n) is 25.0. The summed E-state index contributed by atoms with van der Waals surface area (Å²) in [6, 6.07) is 5.41. The first-order valence-electron chi connectivity index (χ1n) is 43.3. The second-order valence-electron chi connectivity index (χ2n) is 34.2. The van der Waals surface area contributed by atoms with Gasteiger partial charge >= 0.3 is 5.97 Å². The summed E-state index contributed by atoms with van der Waals surface area (Å²) in [5, 5.41) is 283. The van der Waals surface area contributed by atoms with Gasteiger partial charge in [-0.25, -0.2) is 34.7 Å². The number of aromatic hydroxyl groups is 3. The molecule has 47 nitrogen and oxygen atoms in total. The van der Waals surface area contributed by atoms with Crippen LogP contribution in [0.1, 0.15) is 101 Å². The fourth-order valence-electron chi connectivity index (χ4n) is 17.2. The zero-order valence-corrected chi connectivity index (χ0v) is 73.8. The first-order chi connectivity index (χ1) is 65.7. The van der Waals surface area contributed by atoms with E-state index < -0.39 is 359 Å². The number of nitrogens with zero attached hydrogens (tertiary/aromatic N) is 6. The van der Waals surface area contributed by atoms with Gasteiger partial charge in [-0.3, -0.25) is 0 Å². The fraction of sp³-hybridized carbons (Fsp3) is 0.456. The number of fused-ring (bicyclic) bond motifs is 12. The van der Waals surface area contributed by atoms with E-state index in [1.165, 1.54) is 69.3 Å². The van der Waals surface area contributed by atoms with Crippen LogP contribution in [0, 0.1) is 6.92 Å². The maximum atomic E-state index is 14.9. The molecule has 7 aromatic carbocycles. The number of methoxy groups -OCH3 is 1. The number of hydrogen-bond acceptors (Lipinski definition) is 41. The van der Waals surface area contributed by atoms with E-state index >= 15 is 0 Å². The summed E-state index contributed by atoms with van der Waals surface area (Å²) in [4.78, 5) is 42.7. The maximum absolute atomic E-state index is 14.9. The summed E-state index contributed by atoms with van der Waals surface area (Å²) >= 11 is 7.49. The highest BCUT2D eigenvalue weighted by atomic mass is 35.5. The van der Waals surface area contributed by atoms with Crippen molar-refractivity contribution in [2.45, 2.75) is 229 Å². The van der Waals surface area contributed by atoms with Crippen LogP contribution in [0.4, 0.5) is 0 Å². The van der Waals surface area contributed by atoms with Gasteiger partial charge in [-0.2, -0.15) is 0 Å². The number of carbonyl (C=O) groups excluding carboxylic acids is 1. The molecule has 5 fully saturated rings. The smallest absolute Gasteiger partial charge is 0.335 e. The van der Waals surface area contributed by atoms with Crippen molar-refractivity contribution in [3.63, 3.8) is 0 Å². The Labute approximate surface area is 785 Å². The Balaban J connectivity index is 0.987. The minimum Gasteiger partial charge on any atom is -0.508 e. The standard InChI is InChI=1S/C90H101ClN8O39/c1-29-48-19-36(20-49(29)131-88-74(115)70(111)67(108)54(26-100)133-88)61-83(121)97-62-37-21-52(128-39-10-5-32(6-11-39)15-44(80(118)95-61)94-81(119)59(93)33-7-13-46(105)50(18-33)130-48)78(137-90-76(117)72(113)79(56(28-102)135-90)138-87-73(114)69(110)66(107)31(3)127-87)53(22-37)129-47-14-9-35(17-42(47)91)77(136-57-25-43(92)65(106)30(2)126-57)64-85(123)98-63(86(124)125-4)41-23-38(103)24-51(132-89-75(116)71(112)68(109)55(27-101)134-89)58(41)40-16-34(8-12-45(40)104)60(82(120)99-64)96-84(62)122/h5-14,16-24,30-31,43-44,54-57,59-77,79,87-90,100-117H,15,25-28,92-93H2,1-4H3,(H,94,119)(H,95,118)(H,96,122)(H,97,121)(H,98,123)(H,99,120). The molecule has 48 heteroatoms. The number of nitrogens with two attached hydrogens (primary N) is 2. The lowest BCUT2D eigenvalue weighted by molar-refractivity contribution is -0.349. The van der Waals surface area contributed by atoms with Crippen molar-refractivity contribution < 1.29 is 194 Å². The SMILES string of the molecule is COC(=O)C1N=C(O)C2N=C(O)C(N=C(O)C3N=C(O)C4N=C(O)C(Cc5ccc(cc5)Oc5cc3cc(c5OC3OC(CO)C(OC5OC(C)C(O)C(O)C5O)C(O)C3O)Oc3ccc(cc3Cl)C2OC2CC(N)C(O)C(C)O2)N=C(O)C(N)c2ccc(O)c(c2)Oc2cc4cc(OC3OC(CO)C(O)C(O)C3O)c2C)c2ccc(O)c(c2)-c2c(OC3OC(CO)C(O)C(O)C3O)cc(O)cc21. The van der Waals surface area contributed by atoms with Crippen molar-refractivity contribution in [1.29, 1.82) is 0 Å². The number of carbonyl (C=O) groups is 1. The van der Waals surface area contributed by atoms with Gasteiger partial charge in [0.15, 0.2) is 65.8 Å². The minimum absolute atomic E-state index is 0.0303. The molecule has 11 heterocycles. The summed E-state index contributed by atoms with van der Waals surface area (Å²) in [5.74, 6) is -15.5. The van der Waals surface area contributed by atoms with Gasteiger partial charge in [-0.1, -0.05) is 41.9 Å². The molecule has 0 aliphatic carbocycles. The Kier molecular flexibility index (Phi) is 29.3. The van der Waals surface area contributed by atoms with E-state index in [4.69, 9.17) is 99.4 Å². The maximum Gasteiger partial charge on any atom is 0.335 e. The van der Waals surface area contributed by atoms with E-state index in [0.717, 1.165) is 73.8 Å². The number of phenolic OH excluding ortho intramolecular Hbond substituents is 3. The number of ether oxygens (including phenoxy) is 14. The third kappa shape index (κ3) is 19.8. The van der Waals surface area contributed by atoms with E-state index in [1.54, 1.807) is 0 Å². The van der Waals surface area contributed by atoms with Crippen LogP contribution in [0.5, 0.6) is 69.0 Å². The van der Waals surface area contributed by atoms with Crippen LogP contribution < -0.4 is 39.9 Å². The molecule has 0 radical (unpaired) electrons. The Morgan fingerprint density at radius 3 is 1.62 bits per heavy atom. The van der Waals surface area contributed by atoms with Gasteiger partial charge in [0, 0.05) is 47.2 Å². The summed E-state index contributed by atoms with van der Waals surface area (Å²) < 4.78 is 87.1. The molecule has 742 valence electrons. The van der Waals surface area contributed by atoms with Crippen molar-refractivity contribution >= 4 is 53.0 Å². The largest absolute Gasteiger partial charge is 0.508 e. The number of benzene rings is 7. The van der Waals surface area contributed by atoms with Gasteiger partial charge in [-0.15, -0.1) is 0 Å². The predicted molar refractivity (Wildman–Crippen MR) is 472 cm³/mol. The number of aliphatic imine (C=N–C) groups is 6. The molecule has 0 aromatic heterocycles. The van der Waals surface area contributed by atoms with Crippen molar-refractivity contribution in [3.05, 3.63) is 165 Å². The number of phenols is 3. The van der Waals surface area contributed by atoms with Gasteiger partial charge in [-0.05, 0) is 133 Å². The molecular formula is C90H101ClN8O39. The van der Waals surface area contributed by atoms with Crippen molar-refractivity contribution in [1.82, 2.24) is 0 Å². The highest BCUT2D eigenvalue weighted by Crippen LogP contribution is 2.53. The molecule has 18 rings (SSSR count). The average Bonchev–Trinajstić information content (AvgIpc) is 0.756. The minimum atomic E-state index is -2.54. The topological polar surface area (TPSA) is 758 Å². The summed E-state index contributed by atoms with van der Waals surface area (Å²) in [6.45, 7) is 1.09. The van der Waals surface area contributed by atoms with Crippen LogP contribution in [-0.2, 0) is 49.1 Å². The quantitative estimate of drug-likeness (QED) is 0.0672. The molecule has 138 heavy (non-hydrogen) atoms. The van der Waals surface area contributed by atoms with Gasteiger partial charge < -0.3 is 200 Å². The second-order valence-corrected chi connectivity index (χ2v) is 34.6. The molecule has 28 N–H and O–H groups in total. The Morgan fingerprint density at radius 2 is 0.986 bits per heavy atom. The molecule has 32 unspecified atom stereocenters. The number of rotatable bonds is 14. The van der Waals surface area contributed by atoms with E-state index in [1.807, 2.05) is 0 Å². The molecule has 0 saturated carbocycles. The summed E-state index contributed by atoms with van der Waals surface area (Å²) in [5.41, 5.74) is 10.2. The van der Waals surface area contributed by atoms with E-state index in [2.05, 4.69) is 20.0 Å². The zero-order valence-electron chi connectivity index (χ0n) is 73.1. The lowest BCUT2D eigenvalue weighted by Gasteiger charge is -2.45. The lowest BCUT2D eigenvalue weighted by Crippen LogP contribution is -2.64. The first-order valence-corrected chi connectivity index (χ1v) is 43.6. The Morgan fingerprint density at radius 1 is 0.449 bits per heavy atom.